The molecule has 1 N–H and O–H groups in total. The second kappa shape index (κ2) is 8.83. The third-order valence-corrected chi connectivity index (χ3v) is 7.37. The van der Waals surface area contributed by atoms with Gasteiger partial charge in [-0.1, -0.05) is 23.8 Å². The zero-order valence-electron chi connectivity index (χ0n) is 18.2. The molecule has 0 saturated heterocycles. The Morgan fingerprint density at radius 2 is 1.61 bits per heavy atom. The van der Waals surface area contributed by atoms with Crippen molar-refractivity contribution in [2.75, 3.05) is 18.0 Å². The van der Waals surface area contributed by atoms with Crippen LogP contribution >= 0.6 is 0 Å². The molecule has 11 heteroatoms. The number of aryl methyl sites for hydroxylation is 4. The normalized spacial score (nSPS) is 16.0. The molecule has 4 nitrogen and oxygen atoms in total. The second-order valence-electron chi connectivity index (χ2n) is 8.33. The Morgan fingerprint density at radius 1 is 1.00 bits per heavy atom. The van der Waals surface area contributed by atoms with E-state index >= 15 is 0 Å². The Bertz CT molecular complexity index is 1120. The van der Waals surface area contributed by atoms with Gasteiger partial charge in [0.2, 0.25) is 10.0 Å². The highest BCUT2D eigenvalue weighted by Crippen LogP contribution is 2.36. The first-order valence-corrected chi connectivity index (χ1v) is 11.7. The van der Waals surface area contributed by atoms with Crippen LogP contribution in [0.1, 0.15) is 34.2 Å². The van der Waals surface area contributed by atoms with E-state index in [1.807, 2.05) is 0 Å². The fourth-order valence-corrected chi connectivity index (χ4v) is 5.95. The molecule has 182 valence electrons. The average Bonchev–Trinajstić information content (AvgIpc) is 2.64. The Morgan fingerprint density at radius 3 is 2.15 bits per heavy atom. The van der Waals surface area contributed by atoms with Crippen molar-refractivity contribution in [2.24, 2.45) is 0 Å². The fraction of sp³-hybridized carbons (Fsp3) is 0.455. The summed E-state index contributed by atoms with van der Waals surface area (Å²) >= 11 is 0. The lowest BCUT2D eigenvalue weighted by Gasteiger charge is -2.35. The summed E-state index contributed by atoms with van der Waals surface area (Å²) < 4.78 is 109. The number of benzene rings is 2. The number of fused-ring (bicyclic) bond motifs is 1. The Kier molecular flexibility index (Phi) is 6.78. The smallest absolute Gasteiger partial charge is 0.369 e. The van der Waals surface area contributed by atoms with Crippen LogP contribution < -0.4 is 9.62 Å². The number of alkyl halides is 6. The first-order chi connectivity index (χ1) is 15.1. The summed E-state index contributed by atoms with van der Waals surface area (Å²) in [5.41, 5.74) is 0.929. The van der Waals surface area contributed by atoms with Gasteiger partial charge in [0.1, 0.15) is 6.04 Å². The number of sulfonamides is 1. The van der Waals surface area contributed by atoms with Crippen LogP contribution in [0.3, 0.4) is 0 Å². The quantitative estimate of drug-likeness (QED) is 0.575. The SMILES string of the molecule is Cc1cc(C)c(S(=O)(=O)NC(CN2CCCc3ccc(C(F)(F)F)cc32)C(F)(F)F)c(C)c1. The van der Waals surface area contributed by atoms with Gasteiger partial charge in [-0.15, -0.1) is 0 Å². The van der Waals surface area contributed by atoms with E-state index in [1.54, 1.807) is 23.8 Å². The summed E-state index contributed by atoms with van der Waals surface area (Å²) in [5, 5.41) is 0. The first-order valence-electron chi connectivity index (χ1n) is 10.2. The van der Waals surface area contributed by atoms with Crippen molar-refractivity contribution in [3.8, 4) is 0 Å². The minimum absolute atomic E-state index is 0.0345. The zero-order chi connectivity index (χ0) is 24.8. The highest BCUT2D eigenvalue weighted by atomic mass is 32.2. The molecule has 0 spiro atoms. The van der Waals surface area contributed by atoms with Gasteiger partial charge in [-0.05, 0) is 62.4 Å². The Labute approximate surface area is 188 Å². The number of hydrogen-bond acceptors (Lipinski definition) is 3. The van der Waals surface area contributed by atoms with Gasteiger partial charge in [0, 0.05) is 18.8 Å². The zero-order valence-corrected chi connectivity index (χ0v) is 19.0. The number of rotatable bonds is 5. The molecule has 1 aliphatic rings. The number of halogens is 6. The predicted octanol–water partition coefficient (Wildman–Crippen LogP) is 5.29. The van der Waals surface area contributed by atoms with Crippen LogP contribution in [0.5, 0.6) is 0 Å². The van der Waals surface area contributed by atoms with E-state index in [0.29, 0.717) is 29.5 Å². The summed E-state index contributed by atoms with van der Waals surface area (Å²) in [5.74, 6) is 0. The molecule has 2 aromatic rings. The maximum atomic E-state index is 13.9. The van der Waals surface area contributed by atoms with Crippen LogP contribution in [0.25, 0.3) is 0 Å². The first kappa shape index (κ1) is 25.4. The number of nitrogens with zero attached hydrogens (tertiary/aromatic N) is 1. The molecule has 0 aromatic heterocycles. The summed E-state index contributed by atoms with van der Waals surface area (Å²) in [4.78, 5) is 0.935. The molecular weight excluding hydrogens is 470 g/mol. The highest BCUT2D eigenvalue weighted by molar-refractivity contribution is 7.89. The van der Waals surface area contributed by atoms with Crippen LogP contribution in [0.15, 0.2) is 35.2 Å². The third kappa shape index (κ3) is 5.63. The Hall–Kier alpha value is -2.27. The molecule has 33 heavy (non-hydrogen) atoms. The third-order valence-electron chi connectivity index (χ3n) is 5.60. The molecule has 0 saturated carbocycles. The summed E-state index contributed by atoms with van der Waals surface area (Å²) in [6.07, 6.45) is -8.75. The van der Waals surface area contributed by atoms with Crippen molar-refractivity contribution in [3.05, 3.63) is 58.1 Å². The van der Waals surface area contributed by atoms with E-state index in [9.17, 15) is 34.8 Å². The van der Waals surface area contributed by atoms with Crippen molar-refractivity contribution in [1.29, 1.82) is 0 Å². The van der Waals surface area contributed by atoms with Crippen molar-refractivity contribution in [3.63, 3.8) is 0 Å². The Balaban J connectivity index is 1.96. The summed E-state index contributed by atoms with van der Waals surface area (Å²) in [6.45, 7) is 3.96. The van der Waals surface area contributed by atoms with Crippen LogP contribution in [-0.4, -0.2) is 33.7 Å². The van der Waals surface area contributed by atoms with Gasteiger partial charge < -0.3 is 4.90 Å². The van der Waals surface area contributed by atoms with Crippen LogP contribution in [0.2, 0.25) is 0 Å². The van der Waals surface area contributed by atoms with E-state index in [1.165, 1.54) is 24.8 Å². The molecule has 1 aliphatic heterocycles. The van der Waals surface area contributed by atoms with Gasteiger partial charge >= 0.3 is 12.4 Å². The van der Waals surface area contributed by atoms with Crippen molar-refractivity contribution < 1.29 is 34.8 Å². The molecule has 1 heterocycles. The lowest BCUT2D eigenvalue weighted by molar-refractivity contribution is -0.149. The molecule has 3 rings (SSSR count). The van der Waals surface area contributed by atoms with E-state index in [2.05, 4.69) is 0 Å². The van der Waals surface area contributed by atoms with Crippen LogP contribution in [0, 0.1) is 20.8 Å². The van der Waals surface area contributed by atoms with E-state index in [-0.39, 0.29) is 17.1 Å². The lowest BCUT2D eigenvalue weighted by Crippen LogP contribution is -2.53. The standard InChI is InChI=1S/C22H24F6N2O2S/c1-13-9-14(2)20(15(3)10-13)33(31,32)29-19(22(26,27)28)12-30-8-4-5-16-6-7-17(11-18(16)30)21(23,24)25/h6-7,9-11,19,29H,4-5,8,12H2,1-3H3. The lowest BCUT2D eigenvalue weighted by atomic mass is 9.99. The van der Waals surface area contributed by atoms with Gasteiger partial charge in [0.15, 0.2) is 0 Å². The summed E-state index contributed by atoms with van der Waals surface area (Å²) in [6, 6.07) is 3.59. The maximum Gasteiger partial charge on any atom is 0.416 e. The van der Waals surface area contributed by atoms with E-state index in [0.717, 1.165) is 17.7 Å². The molecular formula is C22H24F6N2O2S. The van der Waals surface area contributed by atoms with Crippen molar-refractivity contribution in [2.45, 2.75) is 56.9 Å². The molecule has 0 fully saturated rings. The van der Waals surface area contributed by atoms with Crippen LogP contribution in [0.4, 0.5) is 32.0 Å². The average molecular weight is 495 g/mol. The molecule has 1 unspecified atom stereocenters. The topological polar surface area (TPSA) is 49.4 Å². The minimum Gasteiger partial charge on any atom is -0.369 e. The van der Waals surface area contributed by atoms with Gasteiger partial charge in [0.05, 0.1) is 10.5 Å². The predicted molar refractivity (Wildman–Crippen MR) is 113 cm³/mol. The van der Waals surface area contributed by atoms with Gasteiger partial charge in [-0.25, -0.2) is 8.42 Å². The molecule has 0 amide bonds. The van der Waals surface area contributed by atoms with Crippen LogP contribution in [-0.2, 0) is 22.6 Å². The number of anilines is 1. The number of hydrogen-bond donors (Lipinski definition) is 1. The summed E-state index contributed by atoms with van der Waals surface area (Å²) in [7, 11) is -4.56. The monoisotopic (exact) mass is 494 g/mol. The molecule has 2 aromatic carbocycles. The maximum absolute atomic E-state index is 13.9. The van der Waals surface area contributed by atoms with E-state index in [4.69, 9.17) is 0 Å². The van der Waals surface area contributed by atoms with Crippen molar-refractivity contribution >= 4 is 15.7 Å². The van der Waals surface area contributed by atoms with Gasteiger partial charge in [0.25, 0.3) is 0 Å². The van der Waals surface area contributed by atoms with E-state index < -0.39 is 40.5 Å². The highest BCUT2D eigenvalue weighted by Gasteiger charge is 2.44. The minimum atomic E-state index is -4.96. The molecule has 0 bridgehead atoms. The second-order valence-corrected chi connectivity index (χ2v) is 9.98. The number of nitrogens with one attached hydrogen (secondary N) is 1. The molecule has 1 atom stereocenters. The van der Waals surface area contributed by atoms with Crippen molar-refractivity contribution in [1.82, 2.24) is 4.72 Å². The fourth-order valence-electron chi connectivity index (χ4n) is 4.28. The molecule has 0 aliphatic carbocycles. The molecule has 0 radical (unpaired) electrons. The van der Waals surface area contributed by atoms with Gasteiger partial charge in [-0.2, -0.15) is 31.1 Å². The largest absolute Gasteiger partial charge is 0.416 e. The van der Waals surface area contributed by atoms with Gasteiger partial charge in [-0.3, -0.25) is 0 Å².